The van der Waals surface area contributed by atoms with E-state index in [1.807, 2.05) is 27.7 Å². The van der Waals surface area contributed by atoms with Crippen molar-refractivity contribution in [2.45, 2.75) is 64.5 Å². The molecule has 0 spiro atoms. The van der Waals surface area contributed by atoms with Crippen LogP contribution in [-0.4, -0.2) is 59.4 Å². The summed E-state index contributed by atoms with van der Waals surface area (Å²) in [4.78, 5) is 21.9. The van der Waals surface area contributed by atoms with Crippen LogP contribution < -0.4 is 15.0 Å². The van der Waals surface area contributed by atoms with Gasteiger partial charge in [0, 0.05) is 32.2 Å². The first-order valence-electron chi connectivity index (χ1n) is 11.7. The van der Waals surface area contributed by atoms with Gasteiger partial charge < -0.3 is 29.6 Å². The van der Waals surface area contributed by atoms with Crippen molar-refractivity contribution < 1.29 is 19.4 Å². The fraction of sp³-hybridized carbons (Fsp3) is 0.560. The van der Waals surface area contributed by atoms with Gasteiger partial charge in [-0.15, -0.1) is 0 Å². The van der Waals surface area contributed by atoms with Gasteiger partial charge in [0.15, 0.2) is 0 Å². The van der Waals surface area contributed by atoms with Crippen LogP contribution in [0, 0.1) is 0 Å². The Labute approximate surface area is 196 Å². The van der Waals surface area contributed by atoms with Gasteiger partial charge in [0.2, 0.25) is 0 Å². The first-order chi connectivity index (χ1) is 15.8. The van der Waals surface area contributed by atoms with Crippen LogP contribution in [0.25, 0.3) is 0 Å². The number of hydrogen-bond acceptors (Lipinski definition) is 8. The number of carbonyl (C=O) groups is 1. The summed E-state index contributed by atoms with van der Waals surface area (Å²) in [5.74, 6) is 0.0968. The van der Waals surface area contributed by atoms with Crippen molar-refractivity contribution in [2.24, 2.45) is 0 Å². The Morgan fingerprint density at radius 1 is 1.30 bits per heavy atom. The van der Waals surface area contributed by atoms with Gasteiger partial charge in [-0.2, -0.15) is 0 Å². The lowest BCUT2D eigenvalue weighted by Crippen LogP contribution is -2.47. The van der Waals surface area contributed by atoms with E-state index in [9.17, 15) is 9.90 Å². The molecule has 0 aliphatic carbocycles. The van der Waals surface area contributed by atoms with Crippen LogP contribution in [0.15, 0.2) is 30.6 Å². The quantitative estimate of drug-likeness (QED) is 0.489. The SMILES string of the molecule is CCOc1ncc(Nc2cc(C(C)CC=O)ccc2N(CC(C)(C)O)C2CCOCC2)cn1. The first kappa shape index (κ1) is 24.9. The number of nitrogens with one attached hydrogen (secondary N) is 1. The van der Waals surface area contributed by atoms with E-state index in [0.29, 0.717) is 38.8 Å². The zero-order chi connectivity index (χ0) is 23.8. The van der Waals surface area contributed by atoms with Gasteiger partial charge in [0.05, 0.1) is 41.7 Å². The molecule has 8 heteroatoms. The summed E-state index contributed by atoms with van der Waals surface area (Å²) < 4.78 is 10.9. The van der Waals surface area contributed by atoms with Crippen molar-refractivity contribution in [2.75, 3.05) is 36.6 Å². The normalized spacial score (nSPS) is 15.7. The number of carbonyl (C=O) groups excluding carboxylic acids is 1. The molecule has 180 valence electrons. The summed E-state index contributed by atoms with van der Waals surface area (Å²) >= 11 is 0. The van der Waals surface area contributed by atoms with Crippen LogP contribution in [0.4, 0.5) is 17.1 Å². The molecule has 1 aromatic heterocycles. The number of aldehydes is 1. The highest BCUT2D eigenvalue weighted by Crippen LogP contribution is 2.36. The smallest absolute Gasteiger partial charge is 0.316 e. The molecule has 1 atom stereocenters. The number of ether oxygens (including phenoxy) is 2. The minimum Gasteiger partial charge on any atom is -0.464 e. The van der Waals surface area contributed by atoms with Gasteiger partial charge >= 0.3 is 6.01 Å². The molecule has 3 rings (SSSR count). The summed E-state index contributed by atoms with van der Waals surface area (Å²) in [5.41, 5.74) is 2.79. The van der Waals surface area contributed by atoms with Crippen molar-refractivity contribution in [3.05, 3.63) is 36.2 Å². The Bertz CT molecular complexity index is 892. The molecule has 2 aromatic rings. The highest BCUT2D eigenvalue weighted by Gasteiger charge is 2.29. The number of hydrogen-bond donors (Lipinski definition) is 2. The molecule has 0 amide bonds. The van der Waals surface area contributed by atoms with E-state index in [1.165, 1.54) is 0 Å². The maximum Gasteiger partial charge on any atom is 0.316 e. The largest absolute Gasteiger partial charge is 0.464 e. The summed E-state index contributed by atoms with van der Waals surface area (Å²) in [7, 11) is 0. The first-order valence-corrected chi connectivity index (χ1v) is 11.7. The lowest BCUT2D eigenvalue weighted by Gasteiger charge is -2.40. The van der Waals surface area contributed by atoms with Gasteiger partial charge in [0.1, 0.15) is 6.29 Å². The minimum atomic E-state index is -0.874. The Kier molecular flexibility index (Phi) is 8.63. The molecule has 1 aromatic carbocycles. The molecule has 0 saturated carbocycles. The van der Waals surface area contributed by atoms with Crippen molar-refractivity contribution in [1.82, 2.24) is 9.97 Å². The third kappa shape index (κ3) is 7.14. The van der Waals surface area contributed by atoms with Crippen LogP contribution in [0.2, 0.25) is 0 Å². The molecule has 8 nitrogen and oxygen atoms in total. The van der Waals surface area contributed by atoms with Crippen molar-refractivity contribution in [3.8, 4) is 6.01 Å². The zero-order valence-corrected chi connectivity index (χ0v) is 20.1. The number of aliphatic hydroxyl groups is 1. The molecular formula is C25H36N4O4. The average molecular weight is 457 g/mol. The topological polar surface area (TPSA) is 96.8 Å². The van der Waals surface area contributed by atoms with Crippen molar-refractivity contribution in [3.63, 3.8) is 0 Å². The van der Waals surface area contributed by atoms with Gasteiger partial charge in [-0.05, 0) is 57.2 Å². The predicted octanol–water partition coefficient (Wildman–Crippen LogP) is 4.07. The van der Waals surface area contributed by atoms with E-state index in [4.69, 9.17) is 9.47 Å². The molecule has 1 aliphatic heterocycles. The second kappa shape index (κ2) is 11.4. The number of nitrogens with zero attached hydrogens (tertiary/aromatic N) is 3. The lowest BCUT2D eigenvalue weighted by molar-refractivity contribution is -0.108. The third-order valence-electron chi connectivity index (χ3n) is 5.72. The Hall–Kier alpha value is -2.71. The minimum absolute atomic E-state index is 0.0968. The van der Waals surface area contributed by atoms with E-state index < -0.39 is 5.60 Å². The Morgan fingerprint density at radius 2 is 2.00 bits per heavy atom. The van der Waals surface area contributed by atoms with Crippen molar-refractivity contribution >= 4 is 23.3 Å². The number of rotatable bonds is 11. The van der Waals surface area contributed by atoms with Crippen LogP contribution >= 0.6 is 0 Å². The fourth-order valence-corrected chi connectivity index (χ4v) is 4.06. The maximum atomic E-state index is 11.1. The average Bonchev–Trinajstić information content (AvgIpc) is 2.79. The molecule has 1 aliphatic rings. The molecule has 0 radical (unpaired) electrons. The van der Waals surface area contributed by atoms with Gasteiger partial charge in [-0.3, -0.25) is 0 Å². The summed E-state index contributed by atoms with van der Waals surface area (Å²) in [6.45, 7) is 9.98. The number of aromatic nitrogens is 2. The highest BCUT2D eigenvalue weighted by atomic mass is 16.5. The fourth-order valence-electron chi connectivity index (χ4n) is 4.06. The van der Waals surface area contributed by atoms with E-state index in [2.05, 4.69) is 38.4 Å². The summed E-state index contributed by atoms with van der Waals surface area (Å²) in [6.07, 6.45) is 6.58. The number of benzene rings is 1. The second-order valence-electron chi connectivity index (χ2n) is 9.18. The van der Waals surface area contributed by atoms with Gasteiger partial charge in [-0.25, -0.2) is 9.97 Å². The molecule has 2 heterocycles. The summed E-state index contributed by atoms with van der Waals surface area (Å²) in [6, 6.07) is 6.81. The van der Waals surface area contributed by atoms with Crippen LogP contribution in [-0.2, 0) is 9.53 Å². The monoisotopic (exact) mass is 456 g/mol. The maximum absolute atomic E-state index is 11.1. The van der Waals surface area contributed by atoms with E-state index >= 15 is 0 Å². The van der Waals surface area contributed by atoms with Gasteiger partial charge in [0.25, 0.3) is 0 Å². The Morgan fingerprint density at radius 3 is 2.61 bits per heavy atom. The zero-order valence-electron chi connectivity index (χ0n) is 20.1. The molecule has 1 fully saturated rings. The van der Waals surface area contributed by atoms with E-state index in [-0.39, 0.29) is 12.0 Å². The van der Waals surface area contributed by atoms with Crippen LogP contribution in [0.1, 0.15) is 58.4 Å². The lowest BCUT2D eigenvalue weighted by atomic mass is 9.96. The molecule has 2 N–H and O–H groups in total. The van der Waals surface area contributed by atoms with Crippen LogP contribution in [0.3, 0.4) is 0 Å². The number of anilines is 3. The second-order valence-corrected chi connectivity index (χ2v) is 9.18. The van der Waals surface area contributed by atoms with Crippen LogP contribution in [0.5, 0.6) is 6.01 Å². The molecule has 1 unspecified atom stereocenters. The van der Waals surface area contributed by atoms with E-state index in [0.717, 1.165) is 41.8 Å². The van der Waals surface area contributed by atoms with E-state index in [1.54, 1.807) is 12.4 Å². The molecular weight excluding hydrogens is 420 g/mol. The molecule has 1 saturated heterocycles. The third-order valence-corrected chi connectivity index (χ3v) is 5.72. The predicted molar refractivity (Wildman–Crippen MR) is 130 cm³/mol. The molecule has 33 heavy (non-hydrogen) atoms. The summed E-state index contributed by atoms with van der Waals surface area (Å²) in [5, 5.41) is 14.1. The van der Waals surface area contributed by atoms with Gasteiger partial charge in [-0.1, -0.05) is 13.0 Å². The standard InChI is InChI=1S/C25H36N4O4/c1-5-33-24-26-15-20(16-27-24)28-22-14-19(18(2)8-11-30)6-7-23(22)29(17-25(3,4)31)21-9-12-32-13-10-21/h6-7,11,14-16,18,21,28,31H,5,8-10,12-13,17H2,1-4H3. The molecule has 0 bridgehead atoms. The van der Waals surface area contributed by atoms with Crippen molar-refractivity contribution in [1.29, 1.82) is 0 Å². The Balaban J connectivity index is 2.00. The highest BCUT2D eigenvalue weighted by molar-refractivity contribution is 5.76.